The van der Waals surface area contributed by atoms with Gasteiger partial charge >= 0.3 is 6.18 Å². The van der Waals surface area contributed by atoms with Crippen molar-refractivity contribution >= 4 is 5.91 Å². The van der Waals surface area contributed by atoms with Crippen LogP contribution in [0.5, 0.6) is 5.75 Å². The van der Waals surface area contributed by atoms with Gasteiger partial charge in [0.1, 0.15) is 5.75 Å². The predicted molar refractivity (Wildman–Crippen MR) is 72.0 cm³/mol. The number of hydrogen-bond donors (Lipinski definition) is 0. The maximum atomic E-state index is 12.5. The summed E-state index contributed by atoms with van der Waals surface area (Å²) in [7, 11) is 0. The summed E-state index contributed by atoms with van der Waals surface area (Å²) in [6, 6.07) is 7.22. The lowest BCUT2D eigenvalue weighted by Gasteiger charge is -2.27. The average Bonchev–Trinajstić information content (AvgIpc) is 2.45. The number of ether oxygens (including phenoxy) is 1. The van der Waals surface area contributed by atoms with Gasteiger partial charge in [0, 0.05) is 18.7 Å². The van der Waals surface area contributed by atoms with Gasteiger partial charge in [0.25, 0.3) is 5.91 Å². The highest BCUT2D eigenvalue weighted by molar-refractivity contribution is 5.78. The fourth-order valence-electron chi connectivity index (χ4n) is 2.02. The third-order valence-corrected chi connectivity index (χ3v) is 3.31. The van der Waals surface area contributed by atoms with E-state index in [0.29, 0.717) is 5.75 Å². The molecule has 0 spiro atoms. The highest BCUT2D eigenvalue weighted by atomic mass is 19.4. The van der Waals surface area contributed by atoms with E-state index in [-0.39, 0.29) is 32.0 Å². The van der Waals surface area contributed by atoms with Gasteiger partial charge in [-0.1, -0.05) is 23.8 Å². The van der Waals surface area contributed by atoms with Crippen molar-refractivity contribution in [3.05, 3.63) is 41.5 Å². The van der Waals surface area contributed by atoms with Gasteiger partial charge in [-0.2, -0.15) is 13.2 Å². The van der Waals surface area contributed by atoms with Crippen LogP contribution in [0.4, 0.5) is 13.2 Å². The molecule has 0 saturated carbocycles. The zero-order valence-corrected chi connectivity index (χ0v) is 11.6. The molecule has 0 radical (unpaired) electrons. The van der Waals surface area contributed by atoms with Gasteiger partial charge in [0.05, 0.1) is 0 Å². The fourth-order valence-corrected chi connectivity index (χ4v) is 2.02. The van der Waals surface area contributed by atoms with Gasteiger partial charge in [-0.05, 0) is 25.5 Å². The van der Waals surface area contributed by atoms with Crippen molar-refractivity contribution in [2.24, 2.45) is 0 Å². The van der Waals surface area contributed by atoms with E-state index in [1.165, 1.54) is 4.90 Å². The lowest BCUT2D eigenvalue weighted by atomic mass is 10.1. The first-order valence-electron chi connectivity index (χ1n) is 6.60. The zero-order chi connectivity index (χ0) is 15.5. The van der Waals surface area contributed by atoms with Crippen molar-refractivity contribution in [3.63, 3.8) is 0 Å². The third-order valence-electron chi connectivity index (χ3n) is 3.31. The fraction of sp³-hybridized carbons (Fsp3) is 0.400. The molecular formula is C15H16F3NO2. The summed E-state index contributed by atoms with van der Waals surface area (Å²) < 4.78 is 42.8. The molecule has 0 aromatic heterocycles. The Morgan fingerprint density at radius 1 is 1.29 bits per heavy atom. The van der Waals surface area contributed by atoms with Gasteiger partial charge in [-0.25, -0.2) is 0 Å². The van der Waals surface area contributed by atoms with Crippen molar-refractivity contribution in [2.75, 3.05) is 19.7 Å². The molecule has 1 aliphatic heterocycles. The molecule has 1 aliphatic rings. The maximum Gasteiger partial charge on any atom is 0.412 e. The van der Waals surface area contributed by atoms with Crippen molar-refractivity contribution in [3.8, 4) is 5.75 Å². The highest BCUT2D eigenvalue weighted by Crippen LogP contribution is 2.30. The van der Waals surface area contributed by atoms with Crippen LogP contribution in [0, 0.1) is 6.92 Å². The molecule has 2 rings (SSSR count). The number of carbonyl (C=O) groups excluding carboxylic acids is 1. The molecule has 0 N–H and O–H groups in total. The van der Waals surface area contributed by atoms with Crippen LogP contribution in [0.2, 0.25) is 0 Å². The van der Waals surface area contributed by atoms with E-state index in [1.54, 1.807) is 12.1 Å². The lowest BCUT2D eigenvalue weighted by molar-refractivity contribution is -0.134. The molecule has 6 heteroatoms. The van der Waals surface area contributed by atoms with Crippen LogP contribution >= 0.6 is 0 Å². The van der Waals surface area contributed by atoms with E-state index in [1.807, 2.05) is 19.1 Å². The number of benzene rings is 1. The summed E-state index contributed by atoms with van der Waals surface area (Å²) in [5.74, 6) is 0.255. The Labute approximate surface area is 121 Å². The molecule has 0 aliphatic carbocycles. The Kier molecular flexibility index (Phi) is 4.55. The molecule has 0 saturated heterocycles. The number of alkyl halides is 3. The molecule has 0 bridgehead atoms. The first-order valence-corrected chi connectivity index (χ1v) is 6.60. The normalized spacial score (nSPS) is 15.6. The van der Waals surface area contributed by atoms with Crippen LogP contribution in [0.25, 0.3) is 0 Å². The Balaban J connectivity index is 1.85. The van der Waals surface area contributed by atoms with Gasteiger partial charge in [-0.3, -0.25) is 4.79 Å². The number of amides is 1. The topological polar surface area (TPSA) is 29.5 Å². The summed E-state index contributed by atoms with van der Waals surface area (Å²) in [4.78, 5) is 13.2. The predicted octanol–water partition coefficient (Wildman–Crippen LogP) is 3.09. The van der Waals surface area contributed by atoms with Crippen molar-refractivity contribution in [2.45, 2.75) is 19.5 Å². The minimum Gasteiger partial charge on any atom is -0.484 e. The number of nitrogens with zero attached hydrogens (tertiary/aromatic N) is 1. The molecular weight excluding hydrogens is 283 g/mol. The van der Waals surface area contributed by atoms with E-state index in [9.17, 15) is 18.0 Å². The number of halogens is 3. The number of carbonyl (C=O) groups is 1. The Morgan fingerprint density at radius 2 is 1.95 bits per heavy atom. The van der Waals surface area contributed by atoms with Crippen LogP contribution in [0.1, 0.15) is 12.0 Å². The van der Waals surface area contributed by atoms with Crippen molar-refractivity contribution in [1.29, 1.82) is 0 Å². The SMILES string of the molecule is Cc1ccc(OCC(=O)N2CC=C(C(F)(F)F)CC2)cc1. The van der Waals surface area contributed by atoms with Crippen LogP contribution in [0.3, 0.4) is 0 Å². The first-order chi connectivity index (χ1) is 9.86. The zero-order valence-electron chi connectivity index (χ0n) is 11.6. The molecule has 0 atom stereocenters. The Bertz CT molecular complexity index is 535. The average molecular weight is 299 g/mol. The van der Waals surface area contributed by atoms with Crippen molar-refractivity contribution < 1.29 is 22.7 Å². The van der Waals surface area contributed by atoms with Gasteiger partial charge in [0.2, 0.25) is 0 Å². The summed E-state index contributed by atoms with van der Waals surface area (Å²) in [5.41, 5.74) is 0.514. The monoisotopic (exact) mass is 299 g/mol. The van der Waals surface area contributed by atoms with E-state index >= 15 is 0 Å². The second kappa shape index (κ2) is 6.20. The van der Waals surface area contributed by atoms with Gasteiger partial charge in [0.15, 0.2) is 6.61 Å². The standard InChI is InChI=1S/C15H16F3NO2/c1-11-2-4-13(5-3-11)21-10-14(20)19-8-6-12(7-9-19)15(16,17)18/h2-6H,7-10H2,1H3. The molecule has 1 amide bonds. The second-order valence-corrected chi connectivity index (χ2v) is 4.92. The lowest BCUT2D eigenvalue weighted by Crippen LogP contribution is -2.39. The molecule has 1 heterocycles. The number of rotatable bonds is 3. The van der Waals surface area contributed by atoms with E-state index in [4.69, 9.17) is 4.74 Å². The van der Waals surface area contributed by atoms with Gasteiger partial charge in [-0.15, -0.1) is 0 Å². The van der Waals surface area contributed by atoms with E-state index in [0.717, 1.165) is 11.6 Å². The minimum atomic E-state index is -4.30. The minimum absolute atomic E-state index is 0.0229. The molecule has 1 aromatic carbocycles. The summed E-state index contributed by atoms with van der Waals surface area (Å²) >= 11 is 0. The molecule has 0 unspecified atom stereocenters. The van der Waals surface area contributed by atoms with Gasteiger partial charge < -0.3 is 9.64 Å². The number of hydrogen-bond acceptors (Lipinski definition) is 2. The van der Waals surface area contributed by atoms with Crippen LogP contribution < -0.4 is 4.74 Å². The highest BCUT2D eigenvalue weighted by Gasteiger charge is 2.35. The molecule has 3 nitrogen and oxygen atoms in total. The summed E-state index contributed by atoms with van der Waals surface area (Å²) in [6.45, 7) is 1.82. The second-order valence-electron chi connectivity index (χ2n) is 4.92. The largest absolute Gasteiger partial charge is 0.484 e. The van der Waals surface area contributed by atoms with Crippen molar-refractivity contribution in [1.82, 2.24) is 4.90 Å². The Morgan fingerprint density at radius 3 is 2.48 bits per heavy atom. The number of aryl methyl sites for hydroxylation is 1. The molecule has 0 fully saturated rings. The van der Waals surface area contributed by atoms with Crippen LogP contribution in [-0.4, -0.2) is 36.7 Å². The smallest absolute Gasteiger partial charge is 0.412 e. The molecule has 21 heavy (non-hydrogen) atoms. The quantitative estimate of drug-likeness (QED) is 0.803. The van der Waals surface area contributed by atoms with Crippen LogP contribution in [-0.2, 0) is 4.79 Å². The van der Waals surface area contributed by atoms with E-state index < -0.39 is 11.7 Å². The molecule has 1 aromatic rings. The third kappa shape index (κ3) is 4.24. The maximum absolute atomic E-state index is 12.5. The van der Waals surface area contributed by atoms with E-state index in [2.05, 4.69) is 0 Å². The Hall–Kier alpha value is -1.98. The summed E-state index contributed by atoms with van der Waals surface area (Å²) in [5, 5.41) is 0. The summed E-state index contributed by atoms with van der Waals surface area (Å²) in [6.07, 6.45) is -3.40. The molecule has 114 valence electrons. The van der Waals surface area contributed by atoms with Crippen LogP contribution in [0.15, 0.2) is 35.9 Å². The first kappa shape index (κ1) is 15.4.